The van der Waals surface area contributed by atoms with E-state index in [1.165, 1.54) is 4.68 Å². The van der Waals surface area contributed by atoms with Crippen molar-refractivity contribution in [1.82, 2.24) is 15.0 Å². The van der Waals surface area contributed by atoms with E-state index in [4.69, 9.17) is 11.6 Å². The van der Waals surface area contributed by atoms with Crippen LogP contribution in [0.4, 0.5) is 11.4 Å². The Balaban J connectivity index is 2.01. The van der Waals surface area contributed by atoms with Crippen LogP contribution in [0.3, 0.4) is 0 Å². The summed E-state index contributed by atoms with van der Waals surface area (Å²) in [5.41, 5.74) is 1.53. The Labute approximate surface area is 139 Å². The summed E-state index contributed by atoms with van der Waals surface area (Å²) in [4.78, 5) is 14.7. The first-order chi connectivity index (χ1) is 11.2. The minimum Gasteiger partial charge on any atom is -0.279 e. The molecule has 1 amide bonds. The first-order valence-corrected chi connectivity index (χ1v) is 7.55. The number of aromatic nitrogens is 3. The number of amides is 1. The van der Waals surface area contributed by atoms with Crippen LogP contribution in [0.1, 0.15) is 13.0 Å². The fourth-order valence-corrected chi connectivity index (χ4v) is 2.42. The summed E-state index contributed by atoms with van der Waals surface area (Å²) in [6.45, 7) is 1.79. The highest BCUT2D eigenvalue weighted by molar-refractivity contribution is 6.30. The fourth-order valence-electron chi connectivity index (χ4n) is 2.29. The molecule has 23 heavy (non-hydrogen) atoms. The zero-order valence-electron chi connectivity index (χ0n) is 12.5. The number of hydrogen-bond donors (Lipinski definition) is 0. The van der Waals surface area contributed by atoms with Crippen molar-refractivity contribution >= 4 is 28.9 Å². The zero-order chi connectivity index (χ0) is 16.2. The molecule has 0 saturated heterocycles. The lowest BCUT2D eigenvalue weighted by molar-refractivity contribution is -0.120. The molecular weight excluding hydrogens is 312 g/mol. The van der Waals surface area contributed by atoms with Gasteiger partial charge in [-0.1, -0.05) is 35.0 Å². The van der Waals surface area contributed by atoms with Gasteiger partial charge < -0.3 is 0 Å². The quantitative estimate of drug-likeness (QED) is 0.731. The molecule has 0 radical (unpaired) electrons. The number of halogens is 1. The van der Waals surface area contributed by atoms with E-state index in [0.717, 1.165) is 11.4 Å². The molecule has 5 nitrogen and oxygen atoms in total. The average Bonchev–Trinajstić information content (AvgIpc) is 3.11. The lowest BCUT2D eigenvalue weighted by Crippen LogP contribution is -2.33. The molecule has 3 rings (SSSR count). The van der Waals surface area contributed by atoms with E-state index in [9.17, 15) is 4.79 Å². The second-order valence-electron chi connectivity index (χ2n) is 5.04. The molecule has 3 aromatic rings. The maximum atomic E-state index is 13.0. The molecule has 2 aromatic carbocycles. The van der Waals surface area contributed by atoms with E-state index in [1.54, 1.807) is 36.4 Å². The first kappa shape index (κ1) is 15.2. The van der Waals surface area contributed by atoms with Crippen molar-refractivity contribution < 1.29 is 4.79 Å². The molecule has 0 fully saturated rings. The second-order valence-corrected chi connectivity index (χ2v) is 5.48. The van der Waals surface area contributed by atoms with E-state index >= 15 is 0 Å². The number of para-hydroxylation sites is 1. The summed E-state index contributed by atoms with van der Waals surface area (Å²) in [5, 5.41) is 8.31. The van der Waals surface area contributed by atoms with Crippen LogP contribution < -0.4 is 4.90 Å². The van der Waals surface area contributed by atoms with Gasteiger partial charge in [-0.15, -0.1) is 5.10 Å². The molecule has 6 heteroatoms. The predicted molar refractivity (Wildman–Crippen MR) is 89.8 cm³/mol. The Morgan fingerprint density at radius 1 is 1.09 bits per heavy atom. The Hall–Kier alpha value is -2.66. The number of carbonyl (C=O) groups is 1. The number of hydrogen-bond acceptors (Lipinski definition) is 3. The van der Waals surface area contributed by atoms with E-state index in [-0.39, 0.29) is 5.91 Å². The minimum atomic E-state index is -0.478. The van der Waals surface area contributed by atoms with E-state index in [0.29, 0.717) is 5.02 Å². The number of nitrogens with zero attached hydrogens (tertiary/aromatic N) is 4. The standard InChI is InChI=1S/C17H15ClN4O/c1-13(21-12-11-19-20-21)17(23)22(15-5-3-2-4-6-15)16-9-7-14(18)8-10-16/h2-13H,1H3. The Bertz CT molecular complexity index is 772. The van der Waals surface area contributed by atoms with Gasteiger partial charge in [-0.05, 0) is 43.3 Å². The molecule has 0 saturated carbocycles. The molecule has 0 aliphatic carbocycles. The molecule has 1 heterocycles. The average molecular weight is 327 g/mol. The monoisotopic (exact) mass is 326 g/mol. The third-order valence-corrected chi connectivity index (χ3v) is 3.77. The number of benzene rings is 2. The molecular formula is C17H15ClN4O. The predicted octanol–water partition coefficient (Wildman–Crippen LogP) is 3.86. The molecule has 0 spiro atoms. The summed E-state index contributed by atoms with van der Waals surface area (Å²) in [7, 11) is 0. The van der Waals surface area contributed by atoms with Crippen molar-refractivity contribution in [1.29, 1.82) is 0 Å². The maximum Gasteiger partial charge on any atom is 0.256 e. The topological polar surface area (TPSA) is 51.0 Å². The lowest BCUT2D eigenvalue weighted by atomic mass is 10.2. The van der Waals surface area contributed by atoms with Crippen LogP contribution in [-0.2, 0) is 4.79 Å². The molecule has 1 unspecified atom stereocenters. The highest BCUT2D eigenvalue weighted by atomic mass is 35.5. The molecule has 0 bridgehead atoms. The molecule has 116 valence electrons. The Morgan fingerprint density at radius 3 is 2.35 bits per heavy atom. The summed E-state index contributed by atoms with van der Waals surface area (Å²) in [5.74, 6) is -0.107. The zero-order valence-corrected chi connectivity index (χ0v) is 13.3. The van der Waals surface area contributed by atoms with Gasteiger partial charge >= 0.3 is 0 Å². The highest BCUT2D eigenvalue weighted by Gasteiger charge is 2.25. The third kappa shape index (κ3) is 3.24. The minimum absolute atomic E-state index is 0.107. The molecule has 0 aliphatic heterocycles. The van der Waals surface area contributed by atoms with Crippen molar-refractivity contribution in [2.45, 2.75) is 13.0 Å². The van der Waals surface area contributed by atoms with Crippen molar-refractivity contribution in [3.8, 4) is 0 Å². The van der Waals surface area contributed by atoms with Crippen LogP contribution in [0, 0.1) is 0 Å². The molecule has 1 atom stereocenters. The van der Waals surface area contributed by atoms with Gasteiger partial charge in [0.2, 0.25) is 0 Å². The van der Waals surface area contributed by atoms with Crippen LogP contribution in [0.15, 0.2) is 67.0 Å². The third-order valence-electron chi connectivity index (χ3n) is 3.51. The van der Waals surface area contributed by atoms with E-state index in [1.807, 2.05) is 42.5 Å². The first-order valence-electron chi connectivity index (χ1n) is 7.17. The molecule has 0 N–H and O–H groups in total. The van der Waals surface area contributed by atoms with Crippen LogP contribution in [0.2, 0.25) is 5.02 Å². The summed E-state index contributed by atoms with van der Waals surface area (Å²) in [6.07, 6.45) is 3.23. The highest BCUT2D eigenvalue weighted by Crippen LogP contribution is 2.29. The molecule has 1 aromatic heterocycles. The summed E-state index contributed by atoms with van der Waals surface area (Å²) >= 11 is 5.96. The van der Waals surface area contributed by atoms with E-state index in [2.05, 4.69) is 10.3 Å². The van der Waals surface area contributed by atoms with Crippen molar-refractivity contribution in [3.05, 3.63) is 72.0 Å². The van der Waals surface area contributed by atoms with E-state index < -0.39 is 6.04 Å². The van der Waals surface area contributed by atoms with Gasteiger partial charge in [0, 0.05) is 22.6 Å². The molecule has 0 aliphatic rings. The van der Waals surface area contributed by atoms with Crippen LogP contribution in [-0.4, -0.2) is 20.9 Å². The Morgan fingerprint density at radius 2 is 1.74 bits per heavy atom. The SMILES string of the molecule is CC(C(=O)N(c1ccccc1)c1ccc(Cl)cc1)n1ccnn1. The van der Waals surface area contributed by atoms with Gasteiger partial charge in [0.25, 0.3) is 5.91 Å². The van der Waals surface area contributed by atoms with Gasteiger partial charge in [0.05, 0.1) is 6.20 Å². The van der Waals surface area contributed by atoms with Gasteiger partial charge in [0.15, 0.2) is 0 Å². The van der Waals surface area contributed by atoms with Crippen LogP contribution >= 0.6 is 11.6 Å². The fraction of sp³-hybridized carbons (Fsp3) is 0.118. The van der Waals surface area contributed by atoms with Gasteiger partial charge in [-0.25, -0.2) is 4.68 Å². The normalized spacial score (nSPS) is 11.9. The largest absolute Gasteiger partial charge is 0.279 e. The van der Waals surface area contributed by atoms with Crippen molar-refractivity contribution in [2.75, 3.05) is 4.90 Å². The number of anilines is 2. The van der Waals surface area contributed by atoms with Crippen LogP contribution in [0.5, 0.6) is 0 Å². The number of rotatable bonds is 4. The van der Waals surface area contributed by atoms with Crippen molar-refractivity contribution in [2.24, 2.45) is 0 Å². The van der Waals surface area contributed by atoms with Gasteiger partial charge in [-0.3, -0.25) is 9.69 Å². The summed E-state index contributed by atoms with van der Waals surface area (Å²) in [6, 6.07) is 16.2. The van der Waals surface area contributed by atoms with Gasteiger partial charge in [-0.2, -0.15) is 0 Å². The second kappa shape index (κ2) is 6.62. The van der Waals surface area contributed by atoms with Crippen LogP contribution in [0.25, 0.3) is 0 Å². The lowest BCUT2D eigenvalue weighted by Gasteiger charge is -2.26. The van der Waals surface area contributed by atoms with Crippen molar-refractivity contribution in [3.63, 3.8) is 0 Å². The maximum absolute atomic E-state index is 13.0. The van der Waals surface area contributed by atoms with Gasteiger partial charge in [0.1, 0.15) is 6.04 Å². The Kier molecular flexibility index (Phi) is 4.39. The summed E-state index contributed by atoms with van der Waals surface area (Å²) < 4.78 is 1.54. The smallest absolute Gasteiger partial charge is 0.256 e. The number of carbonyl (C=O) groups excluding carboxylic acids is 1.